The van der Waals surface area contributed by atoms with Crippen molar-refractivity contribution in [3.05, 3.63) is 0 Å². The number of hydrogen-bond donors (Lipinski definition) is 1. The molecule has 1 heterocycles. The number of aliphatic carboxylic acids is 1. The Morgan fingerprint density at radius 3 is 2.05 bits per heavy atom. The van der Waals surface area contributed by atoms with Gasteiger partial charge in [0.2, 0.25) is 0 Å². The van der Waals surface area contributed by atoms with Gasteiger partial charge in [-0.3, -0.25) is 4.79 Å². The Morgan fingerprint density at radius 2 is 1.58 bits per heavy atom. The highest BCUT2D eigenvalue weighted by molar-refractivity contribution is 7.91. The minimum absolute atomic E-state index is 0.169. The maximum absolute atomic E-state index is 11.7. The van der Waals surface area contributed by atoms with Gasteiger partial charge in [-0.25, -0.2) is 8.42 Å². The molecule has 0 spiro atoms. The van der Waals surface area contributed by atoms with Crippen LogP contribution in [0.25, 0.3) is 0 Å². The van der Waals surface area contributed by atoms with E-state index >= 15 is 0 Å². The van der Waals surface area contributed by atoms with E-state index in [9.17, 15) is 18.3 Å². The average Bonchev–Trinajstić information content (AvgIpc) is 2.58. The van der Waals surface area contributed by atoms with Crippen molar-refractivity contribution in [2.75, 3.05) is 31.1 Å². The van der Waals surface area contributed by atoms with E-state index < -0.39 is 21.2 Å². The standard InChI is InChI=1S/C13H23NO4S/c15-12(16)13(5-3-1-2-4-6-13)11-14-7-9-19(17,18)10-8-14/h1-11H2,(H,15,16). The zero-order chi connectivity index (χ0) is 13.9. The Labute approximate surface area is 114 Å². The molecule has 0 radical (unpaired) electrons. The number of nitrogens with zero attached hydrogens (tertiary/aromatic N) is 1. The summed E-state index contributed by atoms with van der Waals surface area (Å²) < 4.78 is 22.8. The van der Waals surface area contributed by atoms with Gasteiger partial charge in [0.25, 0.3) is 0 Å². The monoisotopic (exact) mass is 289 g/mol. The molecular weight excluding hydrogens is 266 g/mol. The van der Waals surface area contributed by atoms with Crippen LogP contribution in [0.5, 0.6) is 0 Å². The Bertz CT molecular complexity index is 410. The summed E-state index contributed by atoms with van der Waals surface area (Å²) in [5, 5.41) is 9.60. The van der Waals surface area contributed by atoms with Crippen LogP contribution in [0.15, 0.2) is 0 Å². The number of hydrogen-bond acceptors (Lipinski definition) is 4. The summed E-state index contributed by atoms with van der Waals surface area (Å²) in [6.07, 6.45) is 5.63. The number of sulfone groups is 1. The van der Waals surface area contributed by atoms with Crippen molar-refractivity contribution in [3.63, 3.8) is 0 Å². The van der Waals surface area contributed by atoms with Gasteiger partial charge in [0.15, 0.2) is 9.84 Å². The van der Waals surface area contributed by atoms with Gasteiger partial charge < -0.3 is 10.0 Å². The smallest absolute Gasteiger partial charge is 0.310 e. The zero-order valence-corrected chi connectivity index (χ0v) is 12.1. The summed E-state index contributed by atoms with van der Waals surface area (Å²) in [6, 6.07) is 0. The van der Waals surface area contributed by atoms with E-state index in [-0.39, 0.29) is 11.5 Å². The highest BCUT2D eigenvalue weighted by Crippen LogP contribution is 2.36. The van der Waals surface area contributed by atoms with Gasteiger partial charge in [-0.1, -0.05) is 25.7 Å². The van der Waals surface area contributed by atoms with Crippen LogP contribution >= 0.6 is 0 Å². The molecule has 1 saturated heterocycles. The van der Waals surface area contributed by atoms with Crippen LogP contribution in [-0.4, -0.2) is 55.5 Å². The summed E-state index contributed by atoms with van der Waals surface area (Å²) in [4.78, 5) is 13.7. The van der Waals surface area contributed by atoms with Crippen molar-refractivity contribution < 1.29 is 18.3 Å². The predicted octanol–water partition coefficient (Wildman–Crippen LogP) is 1.14. The SMILES string of the molecule is O=C(O)C1(CN2CCS(=O)(=O)CC2)CCCCCC1. The molecule has 2 aliphatic rings. The van der Waals surface area contributed by atoms with Crippen LogP contribution < -0.4 is 0 Å². The second-order valence-corrected chi connectivity index (χ2v) is 8.23. The summed E-state index contributed by atoms with van der Waals surface area (Å²) in [6.45, 7) is 1.48. The Morgan fingerprint density at radius 1 is 1.05 bits per heavy atom. The van der Waals surface area contributed by atoms with Crippen LogP contribution in [0.1, 0.15) is 38.5 Å². The summed E-state index contributed by atoms with van der Waals surface area (Å²) in [5.41, 5.74) is -0.655. The molecule has 0 aromatic heterocycles. The molecule has 1 N–H and O–H groups in total. The first-order valence-electron chi connectivity index (χ1n) is 7.10. The Hall–Kier alpha value is -0.620. The second-order valence-electron chi connectivity index (χ2n) is 5.93. The van der Waals surface area contributed by atoms with Gasteiger partial charge in [0.1, 0.15) is 0 Å². The average molecular weight is 289 g/mol. The second kappa shape index (κ2) is 5.79. The summed E-state index contributed by atoms with van der Waals surface area (Å²) in [7, 11) is -2.89. The first-order chi connectivity index (χ1) is 8.94. The van der Waals surface area contributed by atoms with Crippen LogP contribution in [-0.2, 0) is 14.6 Å². The molecule has 5 nitrogen and oxygen atoms in total. The predicted molar refractivity (Wildman–Crippen MR) is 72.9 cm³/mol. The van der Waals surface area contributed by atoms with E-state index in [1.807, 2.05) is 4.90 Å². The van der Waals surface area contributed by atoms with Crippen molar-refractivity contribution in [1.82, 2.24) is 4.90 Å². The molecule has 1 saturated carbocycles. The number of carboxylic acid groups (broad SMARTS) is 1. The van der Waals surface area contributed by atoms with Gasteiger partial charge in [0, 0.05) is 19.6 Å². The van der Waals surface area contributed by atoms with Gasteiger partial charge >= 0.3 is 5.97 Å². The van der Waals surface area contributed by atoms with Gasteiger partial charge in [-0.05, 0) is 12.8 Å². The van der Waals surface area contributed by atoms with Crippen molar-refractivity contribution in [2.24, 2.45) is 5.41 Å². The fourth-order valence-electron chi connectivity index (χ4n) is 3.18. The molecule has 0 unspecified atom stereocenters. The molecule has 19 heavy (non-hydrogen) atoms. The molecule has 0 aromatic rings. The van der Waals surface area contributed by atoms with Crippen molar-refractivity contribution in [3.8, 4) is 0 Å². The Balaban J connectivity index is 2.03. The number of rotatable bonds is 3. The number of carboxylic acids is 1. The van der Waals surface area contributed by atoms with E-state index in [0.29, 0.717) is 19.6 Å². The molecule has 110 valence electrons. The van der Waals surface area contributed by atoms with E-state index in [4.69, 9.17) is 0 Å². The molecule has 1 aliphatic carbocycles. The van der Waals surface area contributed by atoms with Gasteiger partial charge in [-0.2, -0.15) is 0 Å². The fraction of sp³-hybridized carbons (Fsp3) is 0.923. The molecule has 0 amide bonds. The zero-order valence-electron chi connectivity index (χ0n) is 11.3. The van der Waals surface area contributed by atoms with Gasteiger partial charge in [-0.15, -0.1) is 0 Å². The lowest BCUT2D eigenvalue weighted by molar-refractivity contribution is -0.151. The third-order valence-electron chi connectivity index (χ3n) is 4.48. The molecular formula is C13H23NO4S. The highest BCUT2D eigenvalue weighted by Gasteiger charge is 2.40. The van der Waals surface area contributed by atoms with E-state index in [1.165, 1.54) is 0 Å². The first-order valence-corrected chi connectivity index (χ1v) is 8.92. The maximum atomic E-state index is 11.7. The molecule has 0 atom stereocenters. The topological polar surface area (TPSA) is 74.7 Å². The lowest BCUT2D eigenvalue weighted by Gasteiger charge is -2.36. The van der Waals surface area contributed by atoms with E-state index in [2.05, 4.69) is 0 Å². The molecule has 0 bridgehead atoms. The van der Waals surface area contributed by atoms with Crippen LogP contribution in [0.4, 0.5) is 0 Å². The van der Waals surface area contributed by atoms with Crippen LogP contribution in [0, 0.1) is 5.41 Å². The van der Waals surface area contributed by atoms with E-state index in [0.717, 1.165) is 38.5 Å². The highest BCUT2D eigenvalue weighted by atomic mass is 32.2. The molecule has 2 fully saturated rings. The molecule has 2 rings (SSSR count). The summed E-state index contributed by atoms with van der Waals surface area (Å²) >= 11 is 0. The quantitative estimate of drug-likeness (QED) is 0.789. The fourth-order valence-corrected chi connectivity index (χ4v) is 4.46. The van der Waals surface area contributed by atoms with Gasteiger partial charge in [0.05, 0.1) is 16.9 Å². The van der Waals surface area contributed by atoms with Crippen LogP contribution in [0.3, 0.4) is 0 Å². The largest absolute Gasteiger partial charge is 0.481 e. The maximum Gasteiger partial charge on any atom is 0.310 e. The Kier molecular flexibility index (Phi) is 4.50. The van der Waals surface area contributed by atoms with E-state index in [1.54, 1.807) is 0 Å². The first kappa shape index (κ1) is 14.8. The van der Waals surface area contributed by atoms with Crippen LogP contribution in [0.2, 0.25) is 0 Å². The lowest BCUT2D eigenvalue weighted by atomic mass is 9.80. The normalized spacial score (nSPS) is 27.6. The molecule has 0 aromatic carbocycles. The third kappa shape index (κ3) is 3.69. The third-order valence-corrected chi connectivity index (χ3v) is 6.09. The molecule has 6 heteroatoms. The minimum Gasteiger partial charge on any atom is -0.481 e. The lowest BCUT2D eigenvalue weighted by Crippen LogP contribution is -2.48. The minimum atomic E-state index is -2.89. The van der Waals surface area contributed by atoms with Crippen molar-refractivity contribution in [1.29, 1.82) is 0 Å². The summed E-state index contributed by atoms with van der Waals surface area (Å²) in [5.74, 6) is -0.367. The van der Waals surface area contributed by atoms with Crippen molar-refractivity contribution >= 4 is 15.8 Å². The molecule has 1 aliphatic heterocycles. The number of carbonyl (C=O) groups is 1. The van der Waals surface area contributed by atoms with Crippen molar-refractivity contribution in [2.45, 2.75) is 38.5 Å².